The Kier molecular flexibility index (Phi) is 6.95. The highest BCUT2D eigenvalue weighted by Crippen LogP contribution is 2.26. The second kappa shape index (κ2) is 10.2. The lowest BCUT2D eigenvalue weighted by molar-refractivity contribution is -0.119. The highest BCUT2D eigenvalue weighted by Gasteiger charge is 2.27. The molecule has 3 N–H and O–H groups in total. The molecule has 33 heavy (non-hydrogen) atoms. The fourth-order valence-electron chi connectivity index (χ4n) is 3.49. The summed E-state index contributed by atoms with van der Waals surface area (Å²) in [5, 5.41) is 19.8. The lowest BCUT2D eigenvalue weighted by atomic mass is 9.98. The number of carbonyl (C=O) groups is 2. The first-order chi connectivity index (χ1) is 16.0. The Bertz CT molecular complexity index is 1250. The third-order valence-electron chi connectivity index (χ3n) is 5.50. The summed E-state index contributed by atoms with van der Waals surface area (Å²) in [6.45, 7) is 3.91. The van der Waals surface area contributed by atoms with Crippen molar-refractivity contribution in [2.24, 2.45) is 5.92 Å². The van der Waals surface area contributed by atoms with Crippen molar-refractivity contribution < 1.29 is 9.59 Å². The van der Waals surface area contributed by atoms with Gasteiger partial charge in [0.25, 0.3) is 0 Å². The van der Waals surface area contributed by atoms with Crippen LogP contribution in [0.4, 0.5) is 15.6 Å². The summed E-state index contributed by atoms with van der Waals surface area (Å²) < 4.78 is 0. The lowest BCUT2D eigenvalue weighted by Crippen LogP contribution is -2.49. The monoisotopic (exact) mass is 459 g/mol. The molecule has 0 saturated carbocycles. The van der Waals surface area contributed by atoms with E-state index in [-0.39, 0.29) is 11.8 Å². The molecule has 4 aromatic rings. The molecule has 0 aliphatic heterocycles. The number of fused-ring (bicyclic) bond motifs is 1. The molecule has 7 nitrogen and oxygen atoms in total. The molecule has 0 bridgehead atoms. The highest BCUT2D eigenvalue weighted by molar-refractivity contribution is 7.18. The minimum absolute atomic E-state index is 0.0789. The predicted octanol–water partition coefficient (Wildman–Crippen LogP) is 5.53. The molecule has 2 atom stereocenters. The van der Waals surface area contributed by atoms with Gasteiger partial charge < -0.3 is 10.6 Å². The predicted molar refractivity (Wildman–Crippen MR) is 133 cm³/mol. The third kappa shape index (κ3) is 5.35. The van der Waals surface area contributed by atoms with Crippen LogP contribution in [0.2, 0.25) is 0 Å². The molecule has 4 rings (SSSR count). The van der Waals surface area contributed by atoms with E-state index in [1.807, 2.05) is 86.6 Å². The Morgan fingerprint density at radius 3 is 2.42 bits per heavy atom. The summed E-state index contributed by atoms with van der Waals surface area (Å²) in [7, 11) is 0. The lowest BCUT2D eigenvalue weighted by Gasteiger charge is -2.23. The van der Waals surface area contributed by atoms with E-state index in [0.29, 0.717) is 15.8 Å². The zero-order chi connectivity index (χ0) is 23.2. The third-order valence-corrected chi connectivity index (χ3v) is 6.38. The Hall–Kier alpha value is -3.78. The SMILES string of the molecule is CC[C@H](C)[C@@H](NC(=O)Nc1cccc2ccccc12)C(=O)Nc1nnc(-c2ccccc2)s1. The van der Waals surface area contributed by atoms with E-state index >= 15 is 0 Å². The van der Waals surface area contributed by atoms with Gasteiger partial charge in [-0.1, -0.05) is 98.3 Å². The first-order valence-corrected chi connectivity index (χ1v) is 11.6. The fraction of sp³-hybridized carbons (Fsp3) is 0.200. The summed E-state index contributed by atoms with van der Waals surface area (Å²) in [5.41, 5.74) is 1.62. The second-order valence-electron chi connectivity index (χ2n) is 7.76. The first-order valence-electron chi connectivity index (χ1n) is 10.8. The Morgan fingerprint density at radius 2 is 1.64 bits per heavy atom. The summed E-state index contributed by atoms with van der Waals surface area (Å²) in [6.07, 6.45) is 0.720. The molecular formula is C25H25N5O2S. The van der Waals surface area contributed by atoms with Crippen LogP contribution >= 0.6 is 11.3 Å². The molecular weight excluding hydrogens is 434 g/mol. The van der Waals surface area contributed by atoms with Crippen LogP contribution in [0.1, 0.15) is 20.3 Å². The van der Waals surface area contributed by atoms with E-state index in [0.717, 1.165) is 22.8 Å². The Morgan fingerprint density at radius 1 is 0.909 bits per heavy atom. The van der Waals surface area contributed by atoms with Crippen molar-refractivity contribution >= 4 is 44.9 Å². The molecule has 0 fully saturated rings. The summed E-state index contributed by atoms with van der Waals surface area (Å²) in [5.74, 6) is -0.405. The van der Waals surface area contributed by atoms with Gasteiger partial charge in [-0.25, -0.2) is 4.79 Å². The van der Waals surface area contributed by atoms with Gasteiger partial charge in [0, 0.05) is 10.9 Å². The van der Waals surface area contributed by atoms with Crippen LogP contribution in [0.15, 0.2) is 72.8 Å². The van der Waals surface area contributed by atoms with Crippen molar-refractivity contribution in [1.82, 2.24) is 15.5 Å². The van der Waals surface area contributed by atoms with E-state index in [4.69, 9.17) is 0 Å². The molecule has 0 unspecified atom stereocenters. The average Bonchev–Trinajstić information content (AvgIpc) is 3.31. The molecule has 0 radical (unpaired) electrons. The molecule has 0 aliphatic rings. The van der Waals surface area contributed by atoms with Gasteiger partial charge >= 0.3 is 6.03 Å². The van der Waals surface area contributed by atoms with E-state index in [1.165, 1.54) is 11.3 Å². The number of benzene rings is 3. The van der Waals surface area contributed by atoms with Gasteiger partial charge in [-0.3, -0.25) is 10.1 Å². The maximum absolute atomic E-state index is 13.0. The number of amides is 3. The van der Waals surface area contributed by atoms with Crippen molar-refractivity contribution in [2.45, 2.75) is 26.3 Å². The van der Waals surface area contributed by atoms with Crippen LogP contribution in [0.25, 0.3) is 21.3 Å². The molecule has 8 heteroatoms. The number of nitrogens with one attached hydrogen (secondary N) is 3. The Balaban J connectivity index is 1.46. The van der Waals surface area contributed by atoms with Crippen molar-refractivity contribution in [3.05, 3.63) is 72.8 Å². The van der Waals surface area contributed by atoms with E-state index in [9.17, 15) is 9.59 Å². The minimum Gasteiger partial charge on any atom is -0.326 e. The molecule has 0 aliphatic carbocycles. The van der Waals surface area contributed by atoms with Crippen LogP contribution in [-0.2, 0) is 4.79 Å². The van der Waals surface area contributed by atoms with Gasteiger partial charge in [0.05, 0.1) is 5.69 Å². The quantitative estimate of drug-likeness (QED) is 0.338. The topological polar surface area (TPSA) is 96.0 Å². The summed E-state index contributed by atoms with van der Waals surface area (Å²) >= 11 is 1.29. The van der Waals surface area contributed by atoms with Gasteiger partial charge in [0.2, 0.25) is 11.0 Å². The number of rotatable bonds is 7. The van der Waals surface area contributed by atoms with E-state index in [1.54, 1.807) is 0 Å². The normalized spacial score (nSPS) is 12.7. The molecule has 168 valence electrons. The average molecular weight is 460 g/mol. The standard InChI is InChI=1S/C25H25N5O2S/c1-3-16(2)21(22(31)28-25-30-29-23(33-25)18-11-5-4-6-12-18)27-24(32)26-20-15-9-13-17-10-7-8-14-19(17)20/h4-16,21H,3H2,1-2H3,(H2,26,27,32)(H,28,30,31)/t16-,21+/m0/s1. The van der Waals surface area contributed by atoms with Crippen LogP contribution in [0.5, 0.6) is 0 Å². The van der Waals surface area contributed by atoms with Crippen LogP contribution < -0.4 is 16.0 Å². The zero-order valence-corrected chi connectivity index (χ0v) is 19.2. The minimum atomic E-state index is -0.728. The summed E-state index contributed by atoms with van der Waals surface area (Å²) in [6, 6.07) is 22.0. The number of aromatic nitrogens is 2. The van der Waals surface area contributed by atoms with Gasteiger partial charge in [0.15, 0.2) is 0 Å². The highest BCUT2D eigenvalue weighted by atomic mass is 32.1. The molecule has 3 aromatic carbocycles. The Labute approximate surface area is 196 Å². The largest absolute Gasteiger partial charge is 0.326 e. The number of hydrogen-bond acceptors (Lipinski definition) is 5. The smallest absolute Gasteiger partial charge is 0.319 e. The van der Waals surface area contributed by atoms with Gasteiger partial charge in [-0.2, -0.15) is 0 Å². The fourth-order valence-corrected chi connectivity index (χ4v) is 4.24. The zero-order valence-electron chi connectivity index (χ0n) is 18.4. The number of anilines is 2. The van der Waals surface area contributed by atoms with E-state index in [2.05, 4.69) is 26.1 Å². The number of carbonyl (C=O) groups excluding carboxylic acids is 2. The van der Waals surface area contributed by atoms with Gasteiger partial charge in [-0.15, -0.1) is 10.2 Å². The number of urea groups is 1. The van der Waals surface area contributed by atoms with Crippen LogP contribution in [0.3, 0.4) is 0 Å². The summed E-state index contributed by atoms with van der Waals surface area (Å²) in [4.78, 5) is 25.8. The van der Waals surface area contributed by atoms with Gasteiger partial charge in [0.1, 0.15) is 11.0 Å². The maximum Gasteiger partial charge on any atom is 0.319 e. The van der Waals surface area contributed by atoms with E-state index < -0.39 is 12.1 Å². The van der Waals surface area contributed by atoms with Gasteiger partial charge in [-0.05, 0) is 17.4 Å². The molecule has 1 aromatic heterocycles. The first kappa shape index (κ1) is 22.4. The van der Waals surface area contributed by atoms with Crippen molar-refractivity contribution in [3.8, 4) is 10.6 Å². The maximum atomic E-state index is 13.0. The van der Waals surface area contributed by atoms with Crippen molar-refractivity contribution in [2.75, 3.05) is 10.6 Å². The number of hydrogen-bond donors (Lipinski definition) is 3. The molecule has 1 heterocycles. The van der Waals surface area contributed by atoms with Crippen LogP contribution in [0, 0.1) is 5.92 Å². The van der Waals surface area contributed by atoms with Crippen molar-refractivity contribution in [1.29, 1.82) is 0 Å². The van der Waals surface area contributed by atoms with Crippen LogP contribution in [-0.4, -0.2) is 28.2 Å². The second-order valence-corrected chi connectivity index (χ2v) is 8.73. The van der Waals surface area contributed by atoms with Crippen molar-refractivity contribution in [3.63, 3.8) is 0 Å². The molecule has 0 saturated heterocycles. The molecule has 3 amide bonds. The number of nitrogens with zero attached hydrogens (tertiary/aromatic N) is 2. The molecule has 0 spiro atoms.